The van der Waals surface area contributed by atoms with Crippen molar-refractivity contribution in [3.8, 4) is 0 Å². The first kappa shape index (κ1) is 14.8. The van der Waals surface area contributed by atoms with Crippen molar-refractivity contribution in [2.24, 2.45) is 11.3 Å². The molecule has 3 heteroatoms. The second kappa shape index (κ2) is 5.80. The highest BCUT2D eigenvalue weighted by Gasteiger charge is 2.32. The molecule has 2 rings (SSSR count). The Hall–Kier alpha value is -0.600. The fourth-order valence-corrected chi connectivity index (χ4v) is 3.39. The third-order valence-electron chi connectivity index (χ3n) is 4.46. The van der Waals surface area contributed by atoms with Gasteiger partial charge in [0, 0.05) is 11.1 Å². The molecule has 1 aliphatic rings. The van der Waals surface area contributed by atoms with Crippen LogP contribution in [-0.2, 0) is 0 Å². The van der Waals surface area contributed by atoms with Crippen LogP contribution in [0.15, 0.2) is 18.2 Å². The zero-order valence-electron chi connectivity index (χ0n) is 12.0. The average molecular weight is 284 g/mol. The summed E-state index contributed by atoms with van der Waals surface area (Å²) in [7, 11) is 1.94. The lowest BCUT2D eigenvalue weighted by atomic mass is 9.70. The van der Waals surface area contributed by atoms with Crippen LogP contribution in [0, 0.1) is 17.2 Å². The molecule has 1 fully saturated rings. The topological polar surface area (TPSA) is 12.0 Å². The minimum Gasteiger partial charge on any atom is -0.313 e. The Labute approximate surface area is 120 Å². The Morgan fingerprint density at radius 2 is 1.95 bits per heavy atom. The van der Waals surface area contributed by atoms with Crippen LogP contribution in [-0.4, -0.2) is 7.05 Å². The average Bonchev–Trinajstić information content (AvgIpc) is 2.36. The van der Waals surface area contributed by atoms with Crippen molar-refractivity contribution in [3.05, 3.63) is 34.6 Å². The molecule has 1 atom stereocenters. The molecule has 0 saturated heterocycles. The molecule has 1 unspecified atom stereocenters. The Kier molecular flexibility index (Phi) is 4.52. The fourth-order valence-electron chi connectivity index (χ4n) is 3.15. The Morgan fingerprint density at radius 1 is 1.32 bits per heavy atom. The Bertz CT molecular complexity index is 434. The van der Waals surface area contributed by atoms with Crippen LogP contribution >= 0.6 is 11.6 Å². The number of hydrogen-bond donors (Lipinski definition) is 1. The lowest BCUT2D eigenvalue weighted by molar-refractivity contribution is 0.164. The molecule has 0 spiro atoms. The highest BCUT2D eigenvalue weighted by Crippen LogP contribution is 2.43. The highest BCUT2D eigenvalue weighted by molar-refractivity contribution is 6.31. The molecule has 19 heavy (non-hydrogen) atoms. The zero-order valence-corrected chi connectivity index (χ0v) is 12.7. The molecule has 0 bridgehead atoms. The second-order valence-corrected chi connectivity index (χ2v) is 6.84. The van der Waals surface area contributed by atoms with Crippen molar-refractivity contribution in [1.82, 2.24) is 5.32 Å². The molecule has 106 valence electrons. The smallest absolute Gasteiger partial charge is 0.123 e. The maximum atomic E-state index is 13.4. The third-order valence-corrected chi connectivity index (χ3v) is 4.80. The molecular formula is C16H23ClFN. The molecule has 0 aliphatic heterocycles. The summed E-state index contributed by atoms with van der Waals surface area (Å²) in [6.45, 7) is 4.65. The van der Waals surface area contributed by atoms with Gasteiger partial charge in [0.2, 0.25) is 0 Å². The molecule has 1 aromatic rings. The van der Waals surface area contributed by atoms with E-state index in [9.17, 15) is 4.39 Å². The van der Waals surface area contributed by atoms with E-state index in [4.69, 9.17) is 11.6 Å². The van der Waals surface area contributed by atoms with E-state index in [1.165, 1.54) is 31.7 Å². The van der Waals surface area contributed by atoms with E-state index in [1.54, 1.807) is 12.1 Å². The first-order chi connectivity index (χ1) is 8.93. The maximum Gasteiger partial charge on any atom is 0.123 e. The van der Waals surface area contributed by atoms with Crippen molar-refractivity contribution in [2.45, 2.75) is 45.6 Å². The van der Waals surface area contributed by atoms with E-state index in [2.05, 4.69) is 19.2 Å². The maximum absolute atomic E-state index is 13.4. The van der Waals surface area contributed by atoms with Crippen molar-refractivity contribution >= 4 is 11.6 Å². The first-order valence-electron chi connectivity index (χ1n) is 7.05. The van der Waals surface area contributed by atoms with E-state index >= 15 is 0 Å². The molecule has 1 nitrogen and oxygen atoms in total. The van der Waals surface area contributed by atoms with Gasteiger partial charge in [0.15, 0.2) is 0 Å². The molecule has 1 saturated carbocycles. The van der Waals surface area contributed by atoms with E-state index in [0.29, 0.717) is 16.4 Å². The first-order valence-corrected chi connectivity index (χ1v) is 7.43. The summed E-state index contributed by atoms with van der Waals surface area (Å²) in [6, 6.07) is 4.80. The molecule has 0 aromatic heterocycles. The van der Waals surface area contributed by atoms with Crippen LogP contribution in [0.25, 0.3) is 0 Å². The summed E-state index contributed by atoms with van der Waals surface area (Å²) in [5, 5.41) is 3.99. The number of nitrogens with one attached hydrogen (secondary N) is 1. The van der Waals surface area contributed by atoms with E-state index in [1.807, 2.05) is 7.05 Å². The summed E-state index contributed by atoms with van der Waals surface area (Å²) in [5.74, 6) is 0.327. The van der Waals surface area contributed by atoms with Crippen molar-refractivity contribution in [3.63, 3.8) is 0 Å². The van der Waals surface area contributed by atoms with Crippen LogP contribution in [0.2, 0.25) is 5.02 Å². The molecule has 1 N–H and O–H groups in total. The van der Waals surface area contributed by atoms with E-state index < -0.39 is 0 Å². The van der Waals surface area contributed by atoms with Gasteiger partial charge in [-0.1, -0.05) is 25.4 Å². The minimum atomic E-state index is -0.212. The van der Waals surface area contributed by atoms with Crippen LogP contribution in [0.3, 0.4) is 0 Å². The van der Waals surface area contributed by atoms with Crippen LogP contribution in [0.1, 0.15) is 51.1 Å². The van der Waals surface area contributed by atoms with Gasteiger partial charge < -0.3 is 5.32 Å². The van der Waals surface area contributed by atoms with E-state index in [0.717, 1.165) is 5.56 Å². The zero-order chi connectivity index (χ0) is 14.0. The van der Waals surface area contributed by atoms with Gasteiger partial charge in [0.25, 0.3) is 0 Å². The van der Waals surface area contributed by atoms with E-state index in [-0.39, 0.29) is 11.9 Å². The third kappa shape index (κ3) is 3.49. The molecule has 0 heterocycles. The van der Waals surface area contributed by atoms with Gasteiger partial charge in [-0.25, -0.2) is 4.39 Å². The lowest BCUT2D eigenvalue weighted by Crippen LogP contribution is -2.31. The fraction of sp³-hybridized carbons (Fsp3) is 0.625. The van der Waals surface area contributed by atoms with Crippen molar-refractivity contribution in [1.29, 1.82) is 0 Å². The van der Waals surface area contributed by atoms with Crippen LogP contribution in [0.5, 0.6) is 0 Å². The predicted molar refractivity (Wildman–Crippen MR) is 78.9 cm³/mol. The van der Waals surface area contributed by atoms with Crippen LogP contribution in [0.4, 0.5) is 4.39 Å². The van der Waals surface area contributed by atoms with Crippen LogP contribution < -0.4 is 5.32 Å². The standard InChI is InChI=1S/C16H23ClFN/c1-16(2)8-6-11(7-9-16)15(19-3)13-10-12(18)4-5-14(13)17/h4-5,10-11,15,19H,6-9H2,1-3H3. The SMILES string of the molecule is CNC(c1cc(F)ccc1Cl)C1CCC(C)(C)CC1. The largest absolute Gasteiger partial charge is 0.313 e. The summed E-state index contributed by atoms with van der Waals surface area (Å²) >= 11 is 6.24. The molecule has 0 amide bonds. The number of hydrogen-bond acceptors (Lipinski definition) is 1. The van der Waals surface area contributed by atoms with Crippen molar-refractivity contribution in [2.75, 3.05) is 7.05 Å². The number of halogens is 2. The summed E-state index contributed by atoms with van der Waals surface area (Å²) < 4.78 is 13.4. The predicted octanol–water partition coefficient (Wildman–Crippen LogP) is 4.96. The summed E-state index contributed by atoms with van der Waals surface area (Å²) in [5.41, 5.74) is 1.34. The van der Waals surface area contributed by atoms with Crippen molar-refractivity contribution < 1.29 is 4.39 Å². The number of rotatable bonds is 3. The molecule has 1 aromatic carbocycles. The number of benzene rings is 1. The van der Waals surface area contributed by atoms with Gasteiger partial charge in [0.05, 0.1) is 0 Å². The van der Waals surface area contributed by atoms with Gasteiger partial charge in [-0.15, -0.1) is 0 Å². The molecular weight excluding hydrogens is 261 g/mol. The summed E-state index contributed by atoms with van der Waals surface area (Å²) in [6.07, 6.45) is 4.79. The minimum absolute atomic E-state index is 0.152. The Morgan fingerprint density at radius 3 is 2.53 bits per heavy atom. The molecule has 0 radical (unpaired) electrons. The highest BCUT2D eigenvalue weighted by atomic mass is 35.5. The van der Waals surface area contributed by atoms with Gasteiger partial charge in [-0.05, 0) is 67.8 Å². The second-order valence-electron chi connectivity index (χ2n) is 6.43. The molecule has 1 aliphatic carbocycles. The van der Waals surface area contributed by atoms with Gasteiger partial charge >= 0.3 is 0 Å². The Balaban J connectivity index is 2.18. The van der Waals surface area contributed by atoms with Gasteiger partial charge in [0.1, 0.15) is 5.82 Å². The summed E-state index contributed by atoms with van der Waals surface area (Å²) in [4.78, 5) is 0. The monoisotopic (exact) mass is 283 g/mol. The quantitative estimate of drug-likeness (QED) is 0.827. The van der Waals surface area contributed by atoms with Gasteiger partial charge in [-0.2, -0.15) is 0 Å². The van der Waals surface area contributed by atoms with Gasteiger partial charge in [-0.3, -0.25) is 0 Å². The lowest BCUT2D eigenvalue weighted by Gasteiger charge is -2.38. The normalized spacial score (nSPS) is 21.3.